The molecule has 6 nitrogen and oxygen atoms in total. The molecule has 1 saturated heterocycles. The fraction of sp³-hybridized carbons (Fsp3) is 0.333. The Bertz CT molecular complexity index is 788. The Morgan fingerprint density at radius 1 is 1.12 bits per heavy atom. The summed E-state index contributed by atoms with van der Waals surface area (Å²) in [6.07, 6.45) is -2.44. The zero-order chi connectivity index (χ0) is 17.9. The molecule has 0 radical (unpaired) electrons. The summed E-state index contributed by atoms with van der Waals surface area (Å²) in [5.41, 5.74) is 1.74. The third kappa shape index (κ3) is 4.45. The SMILES string of the molecule is Cc1ccc(S(=O)(=O)OC[C@H]2OC(c3ccccc3)OC[C@H]2O)cc1. The van der Waals surface area contributed by atoms with Crippen LogP contribution in [0.25, 0.3) is 0 Å². The fourth-order valence-corrected chi connectivity index (χ4v) is 3.37. The smallest absolute Gasteiger partial charge is 0.297 e. The molecule has 3 atom stereocenters. The Morgan fingerprint density at radius 2 is 1.80 bits per heavy atom. The van der Waals surface area contributed by atoms with Gasteiger partial charge in [-0.15, -0.1) is 0 Å². The van der Waals surface area contributed by atoms with Crippen LogP contribution < -0.4 is 0 Å². The number of hydrogen-bond acceptors (Lipinski definition) is 6. The summed E-state index contributed by atoms with van der Waals surface area (Å²) in [5.74, 6) is 0. The van der Waals surface area contributed by atoms with Gasteiger partial charge in [0.05, 0.1) is 18.1 Å². The predicted molar refractivity (Wildman–Crippen MR) is 90.3 cm³/mol. The lowest BCUT2D eigenvalue weighted by atomic mass is 10.1. The highest BCUT2D eigenvalue weighted by Crippen LogP contribution is 2.27. The highest BCUT2D eigenvalue weighted by molar-refractivity contribution is 7.86. The van der Waals surface area contributed by atoms with Gasteiger partial charge in [0.15, 0.2) is 6.29 Å². The topological polar surface area (TPSA) is 82.1 Å². The Labute approximate surface area is 147 Å². The van der Waals surface area contributed by atoms with E-state index in [1.54, 1.807) is 12.1 Å². The normalized spacial score (nSPS) is 24.2. The Kier molecular flexibility index (Phi) is 5.51. The molecular weight excluding hydrogens is 344 g/mol. The molecule has 1 fully saturated rings. The molecule has 1 heterocycles. The van der Waals surface area contributed by atoms with Crippen LogP contribution in [0.4, 0.5) is 0 Å². The monoisotopic (exact) mass is 364 g/mol. The van der Waals surface area contributed by atoms with Crippen LogP contribution in [-0.2, 0) is 23.8 Å². The van der Waals surface area contributed by atoms with Crippen molar-refractivity contribution in [1.29, 1.82) is 0 Å². The molecule has 0 aromatic heterocycles. The maximum absolute atomic E-state index is 12.3. The van der Waals surface area contributed by atoms with Gasteiger partial charge >= 0.3 is 0 Å². The van der Waals surface area contributed by atoms with Crippen LogP contribution in [0.2, 0.25) is 0 Å². The summed E-state index contributed by atoms with van der Waals surface area (Å²) in [4.78, 5) is 0.0688. The molecule has 1 N–H and O–H groups in total. The van der Waals surface area contributed by atoms with Gasteiger partial charge in [-0.25, -0.2) is 0 Å². The van der Waals surface area contributed by atoms with Crippen molar-refractivity contribution in [3.8, 4) is 0 Å². The van der Waals surface area contributed by atoms with Crippen molar-refractivity contribution in [2.24, 2.45) is 0 Å². The van der Waals surface area contributed by atoms with Crippen molar-refractivity contribution in [2.75, 3.05) is 13.2 Å². The van der Waals surface area contributed by atoms with Crippen LogP contribution in [0, 0.1) is 6.92 Å². The molecular formula is C18H20O6S. The van der Waals surface area contributed by atoms with Crippen molar-refractivity contribution >= 4 is 10.1 Å². The number of aliphatic hydroxyl groups is 1. The molecule has 0 spiro atoms. The van der Waals surface area contributed by atoms with Gasteiger partial charge in [-0.1, -0.05) is 48.0 Å². The van der Waals surface area contributed by atoms with E-state index in [4.69, 9.17) is 13.7 Å². The average molecular weight is 364 g/mol. The minimum Gasteiger partial charge on any atom is -0.388 e. The summed E-state index contributed by atoms with van der Waals surface area (Å²) in [7, 11) is -3.91. The van der Waals surface area contributed by atoms with Gasteiger partial charge in [0.25, 0.3) is 10.1 Å². The third-order valence-corrected chi connectivity index (χ3v) is 5.21. The lowest BCUT2D eigenvalue weighted by molar-refractivity contribution is -0.261. The Balaban J connectivity index is 1.65. The molecule has 1 aliphatic heterocycles. The van der Waals surface area contributed by atoms with Gasteiger partial charge in [-0.3, -0.25) is 4.18 Å². The van der Waals surface area contributed by atoms with Gasteiger partial charge in [0, 0.05) is 5.56 Å². The predicted octanol–water partition coefficient (Wildman–Crippen LogP) is 2.18. The first-order chi connectivity index (χ1) is 12.0. The first-order valence-electron chi connectivity index (χ1n) is 7.92. The quantitative estimate of drug-likeness (QED) is 0.819. The minimum absolute atomic E-state index is 0.0398. The molecule has 1 aliphatic rings. The van der Waals surface area contributed by atoms with E-state index in [0.29, 0.717) is 0 Å². The second-order valence-electron chi connectivity index (χ2n) is 5.87. The number of rotatable bonds is 5. The van der Waals surface area contributed by atoms with E-state index >= 15 is 0 Å². The molecule has 0 bridgehead atoms. The first-order valence-corrected chi connectivity index (χ1v) is 9.33. The maximum Gasteiger partial charge on any atom is 0.297 e. The number of benzene rings is 2. The molecule has 0 amide bonds. The summed E-state index contributed by atoms with van der Waals surface area (Å²) in [5, 5.41) is 10.0. The highest BCUT2D eigenvalue weighted by atomic mass is 32.2. The maximum atomic E-state index is 12.3. The van der Waals surface area contributed by atoms with Crippen LogP contribution >= 0.6 is 0 Å². The Morgan fingerprint density at radius 3 is 2.48 bits per heavy atom. The van der Waals surface area contributed by atoms with Gasteiger partial charge in [0.2, 0.25) is 0 Å². The third-order valence-electron chi connectivity index (χ3n) is 3.91. The molecule has 134 valence electrons. The van der Waals surface area contributed by atoms with E-state index in [2.05, 4.69) is 0 Å². The van der Waals surface area contributed by atoms with E-state index in [0.717, 1.165) is 11.1 Å². The standard InChI is InChI=1S/C18H20O6S/c1-13-7-9-15(10-8-13)25(20,21)23-12-17-16(19)11-22-18(24-17)14-5-3-2-4-6-14/h2-10,16-19H,11-12H2,1H3/t16-,17-,18?/m1/s1. The highest BCUT2D eigenvalue weighted by Gasteiger charge is 2.33. The fourth-order valence-electron chi connectivity index (χ4n) is 2.45. The molecule has 2 aromatic carbocycles. The van der Waals surface area contributed by atoms with Crippen LogP contribution in [0.5, 0.6) is 0 Å². The average Bonchev–Trinajstić information content (AvgIpc) is 2.62. The van der Waals surface area contributed by atoms with Crippen molar-refractivity contribution in [2.45, 2.75) is 30.3 Å². The number of aliphatic hydroxyl groups excluding tert-OH is 1. The molecule has 0 saturated carbocycles. The lowest BCUT2D eigenvalue weighted by Crippen LogP contribution is -2.43. The second kappa shape index (κ2) is 7.63. The molecule has 25 heavy (non-hydrogen) atoms. The molecule has 0 aliphatic carbocycles. The summed E-state index contributed by atoms with van der Waals surface area (Å²) >= 11 is 0. The number of ether oxygens (including phenoxy) is 2. The Hall–Kier alpha value is -1.77. The van der Waals surface area contributed by atoms with Crippen LogP contribution in [-0.4, -0.2) is 38.9 Å². The number of aryl methyl sites for hydroxylation is 1. The first kappa shape index (κ1) is 18.0. The summed E-state index contributed by atoms with van der Waals surface area (Å²) < 4.78 is 40.7. The van der Waals surface area contributed by atoms with Crippen molar-refractivity contribution in [3.63, 3.8) is 0 Å². The van der Waals surface area contributed by atoms with Gasteiger partial charge in [-0.2, -0.15) is 8.42 Å². The van der Waals surface area contributed by atoms with Crippen LogP contribution in [0.3, 0.4) is 0 Å². The lowest BCUT2D eigenvalue weighted by Gasteiger charge is -2.33. The van der Waals surface area contributed by atoms with Crippen molar-refractivity contribution < 1.29 is 27.2 Å². The van der Waals surface area contributed by atoms with E-state index < -0.39 is 28.6 Å². The van der Waals surface area contributed by atoms with Crippen LogP contribution in [0.15, 0.2) is 59.5 Å². The van der Waals surface area contributed by atoms with E-state index in [9.17, 15) is 13.5 Å². The van der Waals surface area contributed by atoms with Crippen LogP contribution in [0.1, 0.15) is 17.4 Å². The minimum atomic E-state index is -3.91. The summed E-state index contributed by atoms with van der Waals surface area (Å²) in [6.45, 7) is 1.62. The molecule has 7 heteroatoms. The van der Waals surface area contributed by atoms with E-state index in [-0.39, 0.29) is 18.1 Å². The molecule has 2 aromatic rings. The van der Waals surface area contributed by atoms with Gasteiger partial charge in [0.1, 0.15) is 12.2 Å². The van der Waals surface area contributed by atoms with E-state index in [1.165, 1.54) is 12.1 Å². The zero-order valence-electron chi connectivity index (χ0n) is 13.7. The van der Waals surface area contributed by atoms with Crippen molar-refractivity contribution in [3.05, 3.63) is 65.7 Å². The largest absolute Gasteiger partial charge is 0.388 e. The summed E-state index contributed by atoms with van der Waals surface area (Å²) in [6, 6.07) is 15.6. The molecule has 3 rings (SSSR count). The number of hydrogen-bond donors (Lipinski definition) is 1. The van der Waals surface area contributed by atoms with Gasteiger partial charge in [-0.05, 0) is 19.1 Å². The molecule has 1 unspecified atom stereocenters. The van der Waals surface area contributed by atoms with E-state index in [1.807, 2.05) is 37.3 Å². The zero-order valence-corrected chi connectivity index (χ0v) is 14.6. The van der Waals surface area contributed by atoms with Crippen molar-refractivity contribution in [1.82, 2.24) is 0 Å². The second-order valence-corrected chi connectivity index (χ2v) is 7.48. The van der Waals surface area contributed by atoms with Gasteiger partial charge < -0.3 is 14.6 Å².